The van der Waals surface area contributed by atoms with Crippen molar-refractivity contribution in [1.29, 1.82) is 0 Å². The zero-order valence-electron chi connectivity index (χ0n) is 23.6. The first-order valence-corrected chi connectivity index (χ1v) is 14.5. The Labute approximate surface area is 252 Å². The highest BCUT2D eigenvalue weighted by Gasteiger charge is 2.46. The van der Waals surface area contributed by atoms with Crippen molar-refractivity contribution in [2.75, 3.05) is 39.9 Å². The number of carbonyl (C=O) groups excluding carboxylic acids is 3. The summed E-state index contributed by atoms with van der Waals surface area (Å²) in [5.74, 6) is -0.130. The largest absolute Gasteiger partial charge is 0.494 e. The number of nitrogens with zero attached hydrogens (tertiary/aromatic N) is 1. The summed E-state index contributed by atoms with van der Waals surface area (Å²) in [6.07, 6.45) is 0. The Kier molecular flexibility index (Phi) is 9.05. The number of fused-ring (bicyclic) bond motifs is 1. The van der Waals surface area contributed by atoms with Gasteiger partial charge in [-0.05, 0) is 57.2 Å². The van der Waals surface area contributed by atoms with Crippen LogP contribution in [-0.2, 0) is 19.1 Å². The number of ether oxygens (including phenoxy) is 5. The molecule has 0 saturated carbocycles. The minimum Gasteiger partial charge on any atom is -0.494 e. The van der Waals surface area contributed by atoms with Gasteiger partial charge in [-0.2, -0.15) is 0 Å². The second-order valence-electron chi connectivity index (χ2n) is 9.22. The normalized spacial score (nSPS) is 15.9. The topological polar surface area (TPSA) is 101 Å². The quantitative estimate of drug-likeness (QED) is 0.221. The average molecular weight is 616 g/mol. The number of amides is 1. The number of benzene rings is 2. The van der Waals surface area contributed by atoms with E-state index >= 15 is 0 Å². The molecule has 2 heterocycles. The minimum absolute atomic E-state index is 0.110. The molecule has 2 aromatic carbocycles. The Morgan fingerprint density at radius 3 is 2.02 bits per heavy atom. The van der Waals surface area contributed by atoms with E-state index in [9.17, 15) is 14.4 Å². The van der Waals surface area contributed by atoms with Crippen molar-refractivity contribution in [1.82, 2.24) is 0 Å². The van der Waals surface area contributed by atoms with E-state index < -0.39 is 17.5 Å². The zero-order chi connectivity index (χ0) is 30.1. The van der Waals surface area contributed by atoms with E-state index in [2.05, 4.69) is 0 Å². The van der Waals surface area contributed by atoms with Gasteiger partial charge in [0.1, 0.15) is 15.6 Å². The van der Waals surface area contributed by atoms with Gasteiger partial charge < -0.3 is 23.7 Å². The van der Waals surface area contributed by atoms with Crippen LogP contribution in [0.25, 0.3) is 5.57 Å². The van der Waals surface area contributed by atoms with Crippen LogP contribution in [0.4, 0.5) is 5.69 Å². The van der Waals surface area contributed by atoms with E-state index in [1.54, 1.807) is 29.2 Å². The van der Waals surface area contributed by atoms with Gasteiger partial charge in [-0.15, -0.1) is 0 Å². The van der Waals surface area contributed by atoms with Crippen LogP contribution in [0.3, 0.4) is 0 Å². The molecule has 216 valence electrons. The second-order valence-corrected chi connectivity index (χ2v) is 11.9. The van der Waals surface area contributed by atoms with Crippen LogP contribution in [0.15, 0.2) is 50.4 Å². The fourth-order valence-corrected chi connectivity index (χ4v) is 7.55. The standard InChI is InChI=1S/C29H29NO8S3/c1-8-38-16-10-11-18-17(14-16)21(28-40-22(26(32)36-6)23(41-28)27(33)37-7)24(39)29(2,3)30(18)25(31)15-9-12-19(34-4)20(13-15)35-5/h9-14H,8H2,1-7H3. The Morgan fingerprint density at radius 2 is 1.49 bits per heavy atom. The predicted molar refractivity (Wildman–Crippen MR) is 164 cm³/mol. The zero-order valence-corrected chi connectivity index (χ0v) is 26.1. The SMILES string of the molecule is CCOc1ccc2c(c1)C(=C1SC(C(=O)OC)=C(C(=O)OC)S1)C(=S)C(C)(C)N2C(=O)c1ccc(OC)c(OC)c1. The van der Waals surface area contributed by atoms with Gasteiger partial charge in [-0.25, -0.2) is 9.59 Å². The summed E-state index contributed by atoms with van der Waals surface area (Å²) in [6, 6.07) is 10.4. The van der Waals surface area contributed by atoms with Crippen molar-refractivity contribution < 1.29 is 38.1 Å². The lowest BCUT2D eigenvalue weighted by Gasteiger charge is -2.45. The molecule has 0 aliphatic carbocycles. The molecule has 0 bridgehead atoms. The van der Waals surface area contributed by atoms with Gasteiger partial charge in [0, 0.05) is 16.7 Å². The first-order chi connectivity index (χ1) is 19.5. The molecule has 2 aliphatic heterocycles. The van der Waals surface area contributed by atoms with E-state index in [4.69, 9.17) is 35.9 Å². The first kappa shape index (κ1) is 30.5. The van der Waals surface area contributed by atoms with E-state index in [0.717, 1.165) is 23.5 Å². The van der Waals surface area contributed by atoms with Gasteiger partial charge in [0.05, 0.1) is 55.4 Å². The molecule has 9 nitrogen and oxygen atoms in total. The number of esters is 2. The second kappa shape index (κ2) is 12.2. The van der Waals surface area contributed by atoms with Gasteiger partial charge in [-0.1, -0.05) is 35.7 Å². The van der Waals surface area contributed by atoms with Crippen molar-refractivity contribution in [2.45, 2.75) is 26.3 Å². The van der Waals surface area contributed by atoms with Crippen molar-refractivity contribution >= 4 is 69.7 Å². The van der Waals surface area contributed by atoms with E-state index in [0.29, 0.717) is 55.3 Å². The fourth-order valence-electron chi connectivity index (χ4n) is 4.52. The highest BCUT2D eigenvalue weighted by molar-refractivity contribution is 8.29. The number of anilines is 1. The maximum atomic E-state index is 14.2. The van der Waals surface area contributed by atoms with Gasteiger partial charge in [-0.3, -0.25) is 9.69 Å². The number of methoxy groups -OCH3 is 4. The monoisotopic (exact) mass is 615 g/mol. The van der Waals surface area contributed by atoms with E-state index in [-0.39, 0.29) is 15.7 Å². The molecule has 12 heteroatoms. The summed E-state index contributed by atoms with van der Waals surface area (Å²) in [6.45, 7) is 6.01. The summed E-state index contributed by atoms with van der Waals surface area (Å²) in [5.41, 5.74) is 1.21. The molecule has 0 fully saturated rings. The smallest absolute Gasteiger partial charge is 0.346 e. The molecule has 0 saturated heterocycles. The summed E-state index contributed by atoms with van der Waals surface area (Å²) in [5, 5.41) is 0. The molecule has 2 aliphatic rings. The molecular weight excluding hydrogens is 587 g/mol. The summed E-state index contributed by atoms with van der Waals surface area (Å²) >= 11 is 8.25. The van der Waals surface area contributed by atoms with Gasteiger partial charge in [0.25, 0.3) is 5.91 Å². The van der Waals surface area contributed by atoms with Crippen LogP contribution in [0.1, 0.15) is 36.7 Å². The summed E-state index contributed by atoms with van der Waals surface area (Å²) in [4.78, 5) is 41.7. The molecule has 0 spiro atoms. The molecule has 2 aromatic rings. The molecule has 0 N–H and O–H groups in total. The predicted octanol–water partition coefficient (Wildman–Crippen LogP) is 5.62. The maximum absolute atomic E-state index is 14.2. The molecular formula is C29H29NO8S3. The number of hydrogen-bond donors (Lipinski definition) is 0. The highest BCUT2D eigenvalue weighted by Crippen LogP contribution is 2.56. The van der Waals surface area contributed by atoms with E-state index in [1.165, 1.54) is 28.4 Å². The molecule has 0 aromatic heterocycles. The first-order valence-electron chi connectivity index (χ1n) is 12.4. The number of thioether (sulfide) groups is 2. The van der Waals surface area contributed by atoms with Crippen LogP contribution in [0.2, 0.25) is 0 Å². The van der Waals surface area contributed by atoms with Crippen LogP contribution < -0.4 is 19.1 Å². The lowest BCUT2D eigenvalue weighted by Crippen LogP contribution is -2.56. The number of hydrogen-bond acceptors (Lipinski definition) is 11. The third-order valence-corrected chi connectivity index (χ3v) is 9.77. The Bertz CT molecular complexity index is 1480. The van der Waals surface area contributed by atoms with Crippen LogP contribution in [0, 0.1) is 0 Å². The lowest BCUT2D eigenvalue weighted by atomic mass is 9.82. The summed E-state index contributed by atoms with van der Waals surface area (Å²) in [7, 11) is 5.52. The fraction of sp³-hybridized carbons (Fsp3) is 0.310. The van der Waals surface area contributed by atoms with Crippen molar-refractivity contribution in [3.8, 4) is 17.2 Å². The van der Waals surface area contributed by atoms with Crippen LogP contribution in [-0.4, -0.2) is 63.3 Å². The molecule has 0 atom stereocenters. The lowest BCUT2D eigenvalue weighted by molar-refractivity contribution is -0.138. The van der Waals surface area contributed by atoms with Crippen molar-refractivity contribution in [3.63, 3.8) is 0 Å². The average Bonchev–Trinajstić information content (AvgIpc) is 3.41. The molecule has 41 heavy (non-hydrogen) atoms. The number of rotatable bonds is 7. The molecule has 0 radical (unpaired) electrons. The van der Waals surface area contributed by atoms with Crippen LogP contribution in [0.5, 0.6) is 17.2 Å². The van der Waals surface area contributed by atoms with Crippen molar-refractivity contribution in [3.05, 3.63) is 61.6 Å². The van der Waals surface area contributed by atoms with Crippen LogP contribution >= 0.6 is 35.7 Å². The van der Waals surface area contributed by atoms with Gasteiger partial charge in [0.15, 0.2) is 11.5 Å². The molecule has 4 rings (SSSR count). The highest BCUT2D eigenvalue weighted by atomic mass is 32.2. The minimum atomic E-state index is -0.997. The Morgan fingerprint density at radius 1 is 0.878 bits per heavy atom. The Balaban J connectivity index is 1.93. The van der Waals surface area contributed by atoms with Gasteiger partial charge in [0.2, 0.25) is 0 Å². The van der Waals surface area contributed by atoms with Gasteiger partial charge >= 0.3 is 11.9 Å². The molecule has 1 amide bonds. The third kappa shape index (κ3) is 5.43. The number of thiocarbonyl (C=S) groups is 1. The number of carbonyl (C=O) groups is 3. The summed E-state index contributed by atoms with van der Waals surface area (Å²) < 4.78 is 27.0. The van der Waals surface area contributed by atoms with Crippen molar-refractivity contribution in [2.24, 2.45) is 0 Å². The third-order valence-electron chi connectivity index (χ3n) is 6.51. The Hall–Kier alpha value is -3.48. The maximum Gasteiger partial charge on any atom is 0.346 e. The van der Waals surface area contributed by atoms with E-state index in [1.807, 2.05) is 32.9 Å². The molecule has 0 unspecified atom stereocenters.